The summed E-state index contributed by atoms with van der Waals surface area (Å²) in [6.45, 7) is 3.32. The molecule has 1 aliphatic heterocycles. The number of morpholine rings is 1. The Balaban J connectivity index is 2.08. The second-order valence-corrected chi connectivity index (χ2v) is 2.18. The highest BCUT2D eigenvalue weighted by Gasteiger charge is 2.10. The zero-order valence-electron chi connectivity index (χ0n) is 5.72. The third kappa shape index (κ3) is 2.30. The van der Waals surface area contributed by atoms with Crippen LogP contribution in [0.25, 0.3) is 0 Å². The van der Waals surface area contributed by atoms with Crippen LogP contribution in [0, 0.1) is 0 Å². The molecule has 0 aliphatic carbocycles. The summed E-state index contributed by atoms with van der Waals surface area (Å²) in [4.78, 5) is 0. The van der Waals surface area contributed by atoms with Crippen molar-refractivity contribution in [3.63, 3.8) is 0 Å². The van der Waals surface area contributed by atoms with Gasteiger partial charge in [0.25, 0.3) is 0 Å². The molecule has 0 aromatic rings. The van der Waals surface area contributed by atoms with E-state index in [9.17, 15) is 0 Å². The van der Waals surface area contributed by atoms with Gasteiger partial charge in [0.05, 0.1) is 25.9 Å². The Labute approximate surface area is 55.3 Å². The van der Waals surface area contributed by atoms with E-state index < -0.39 is 0 Å². The van der Waals surface area contributed by atoms with Crippen molar-refractivity contribution < 1.29 is 9.47 Å². The quantitative estimate of drug-likeness (QED) is 0.554. The average Bonchev–Trinajstić information content (AvgIpc) is 1.91. The van der Waals surface area contributed by atoms with E-state index in [0.717, 1.165) is 26.4 Å². The van der Waals surface area contributed by atoms with Crippen molar-refractivity contribution >= 4 is 0 Å². The molecule has 0 aromatic heterocycles. The van der Waals surface area contributed by atoms with Crippen molar-refractivity contribution in [2.45, 2.75) is 6.04 Å². The van der Waals surface area contributed by atoms with Crippen LogP contribution >= 0.6 is 0 Å². The van der Waals surface area contributed by atoms with Crippen LogP contribution in [0.5, 0.6) is 0 Å². The van der Waals surface area contributed by atoms with Crippen LogP contribution in [0.15, 0.2) is 0 Å². The molecule has 3 heteroatoms. The fraction of sp³-hybridized carbons (Fsp3) is 1.00. The molecule has 9 heavy (non-hydrogen) atoms. The van der Waals surface area contributed by atoms with Crippen molar-refractivity contribution in [2.24, 2.45) is 0 Å². The SMILES string of the molecule is COCC1COCCN1. The monoisotopic (exact) mass is 131 g/mol. The van der Waals surface area contributed by atoms with E-state index in [4.69, 9.17) is 9.47 Å². The summed E-state index contributed by atoms with van der Waals surface area (Å²) in [5.41, 5.74) is 0. The predicted octanol–water partition coefficient (Wildman–Crippen LogP) is -0.379. The summed E-state index contributed by atoms with van der Waals surface area (Å²) in [7, 11) is 1.70. The van der Waals surface area contributed by atoms with Crippen LogP contribution in [0.1, 0.15) is 0 Å². The number of hydrogen-bond acceptors (Lipinski definition) is 3. The largest absolute Gasteiger partial charge is 0.383 e. The van der Waals surface area contributed by atoms with Crippen molar-refractivity contribution in [3.05, 3.63) is 0 Å². The lowest BCUT2D eigenvalue weighted by molar-refractivity contribution is 0.0432. The summed E-state index contributed by atoms with van der Waals surface area (Å²) in [5, 5.41) is 3.27. The zero-order chi connectivity index (χ0) is 6.53. The van der Waals surface area contributed by atoms with Gasteiger partial charge < -0.3 is 14.8 Å². The lowest BCUT2D eigenvalue weighted by Gasteiger charge is -2.22. The molecule has 0 saturated carbocycles. The molecule has 1 aliphatic rings. The van der Waals surface area contributed by atoms with Crippen molar-refractivity contribution in [2.75, 3.05) is 33.5 Å². The van der Waals surface area contributed by atoms with Gasteiger partial charge in [-0.3, -0.25) is 0 Å². The number of ether oxygens (including phenoxy) is 2. The Bertz CT molecular complexity index is 68.7. The van der Waals surface area contributed by atoms with E-state index in [2.05, 4.69) is 5.32 Å². The van der Waals surface area contributed by atoms with Gasteiger partial charge in [0.2, 0.25) is 0 Å². The van der Waals surface area contributed by atoms with Gasteiger partial charge in [-0.2, -0.15) is 0 Å². The minimum atomic E-state index is 0.406. The molecule has 1 saturated heterocycles. The molecular weight excluding hydrogens is 118 g/mol. The first-order valence-electron chi connectivity index (χ1n) is 3.23. The summed E-state index contributed by atoms with van der Waals surface area (Å²) >= 11 is 0. The van der Waals surface area contributed by atoms with Gasteiger partial charge in [-0.25, -0.2) is 0 Å². The van der Waals surface area contributed by atoms with Gasteiger partial charge in [-0.05, 0) is 0 Å². The zero-order valence-corrected chi connectivity index (χ0v) is 5.72. The highest BCUT2D eigenvalue weighted by atomic mass is 16.5. The minimum Gasteiger partial charge on any atom is -0.383 e. The normalized spacial score (nSPS) is 28.3. The Morgan fingerprint density at radius 1 is 1.78 bits per heavy atom. The molecule has 1 N–H and O–H groups in total. The Hall–Kier alpha value is -0.120. The Morgan fingerprint density at radius 3 is 3.22 bits per heavy atom. The predicted molar refractivity (Wildman–Crippen MR) is 34.5 cm³/mol. The first kappa shape index (κ1) is 6.99. The fourth-order valence-corrected chi connectivity index (χ4v) is 0.928. The maximum atomic E-state index is 5.19. The molecule has 1 fully saturated rings. The van der Waals surface area contributed by atoms with Crippen molar-refractivity contribution in [1.82, 2.24) is 5.32 Å². The molecule has 1 atom stereocenters. The summed E-state index contributed by atoms with van der Waals surface area (Å²) < 4.78 is 10.1. The Kier molecular flexibility index (Phi) is 2.97. The topological polar surface area (TPSA) is 30.5 Å². The maximum absolute atomic E-state index is 5.19. The molecule has 1 rings (SSSR count). The van der Waals surface area contributed by atoms with Gasteiger partial charge in [0.1, 0.15) is 0 Å². The molecule has 0 amide bonds. The third-order valence-electron chi connectivity index (χ3n) is 1.37. The second kappa shape index (κ2) is 3.82. The lowest BCUT2D eigenvalue weighted by atomic mass is 10.3. The molecule has 0 spiro atoms. The molecular formula is C6H13NO2. The van der Waals surface area contributed by atoms with Gasteiger partial charge >= 0.3 is 0 Å². The minimum absolute atomic E-state index is 0.406. The summed E-state index contributed by atoms with van der Waals surface area (Å²) in [6, 6.07) is 0.406. The number of methoxy groups -OCH3 is 1. The van der Waals surface area contributed by atoms with Crippen molar-refractivity contribution in [3.8, 4) is 0 Å². The van der Waals surface area contributed by atoms with E-state index in [1.165, 1.54) is 0 Å². The lowest BCUT2D eigenvalue weighted by Crippen LogP contribution is -2.43. The van der Waals surface area contributed by atoms with Crippen LogP contribution in [0.4, 0.5) is 0 Å². The smallest absolute Gasteiger partial charge is 0.0642 e. The molecule has 1 unspecified atom stereocenters. The average molecular weight is 131 g/mol. The number of rotatable bonds is 2. The summed E-state index contributed by atoms with van der Waals surface area (Å²) in [5.74, 6) is 0. The van der Waals surface area contributed by atoms with Gasteiger partial charge in [0.15, 0.2) is 0 Å². The van der Waals surface area contributed by atoms with Gasteiger partial charge in [0, 0.05) is 13.7 Å². The van der Waals surface area contributed by atoms with Crippen LogP contribution in [-0.4, -0.2) is 39.5 Å². The van der Waals surface area contributed by atoms with E-state index in [-0.39, 0.29) is 0 Å². The second-order valence-electron chi connectivity index (χ2n) is 2.18. The first-order valence-corrected chi connectivity index (χ1v) is 3.23. The van der Waals surface area contributed by atoms with Crippen LogP contribution < -0.4 is 5.32 Å². The number of nitrogens with one attached hydrogen (secondary N) is 1. The Morgan fingerprint density at radius 2 is 2.67 bits per heavy atom. The number of hydrogen-bond donors (Lipinski definition) is 1. The summed E-state index contributed by atoms with van der Waals surface area (Å²) in [6.07, 6.45) is 0. The molecule has 0 aromatic carbocycles. The highest BCUT2D eigenvalue weighted by Crippen LogP contribution is 1.91. The maximum Gasteiger partial charge on any atom is 0.0642 e. The highest BCUT2D eigenvalue weighted by molar-refractivity contribution is 4.68. The van der Waals surface area contributed by atoms with E-state index in [1.807, 2.05) is 0 Å². The van der Waals surface area contributed by atoms with Crippen LogP contribution in [-0.2, 0) is 9.47 Å². The van der Waals surface area contributed by atoms with Gasteiger partial charge in [-0.15, -0.1) is 0 Å². The fourth-order valence-electron chi connectivity index (χ4n) is 0.928. The van der Waals surface area contributed by atoms with E-state index in [0.29, 0.717) is 6.04 Å². The molecule has 0 bridgehead atoms. The molecule has 3 nitrogen and oxygen atoms in total. The van der Waals surface area contributed by atoms with Crippen LogP contribution in [0.2, 0.25) is 0 Å². The molecule has 54 valence electrons. The van der Waals surface area contributed by atoms with Gasteiger partial charge in [-0.1, -0.05) is 0 Å². The van der Waals surface area contributed by atoms with Crippen LogP contribution in [0.3, 0.4) is 0 Å². The molecule has 1 heterocycles. The molecule has 0 radical (unpaired) electrons. The van der Waals surface area contributed by atoms with E-state index >= 15 is 0 Å². The third-order valence-corrected chi connectivity index (χ3v) is 1.37. The first-order chi connectivity index (χ1) is 4.43. The van der Waals surface area contributed by atoms with Crippen molar-refractivity contribution in [1.29, 1.82) is 0 Å². The standard InChI is InChI=1S/C6H13NO2/c1-8-4-6-5-9-3-2-7-6/h6-7H,2-5H2,1H3. The van der Waals surface area contributed by atoms with E-state index in [1.54, 1.807) is 7.11 Å².